The van der Waals surface area contributed by atoms with Crippen LogP contribution in [0.25, 0.3) is 11.0 Å². The van der Waals surface area contributed by atoms with Gasteiger partial charge in [-0.3, -0.25) is 19.3 Å². The van der Waals surface area contributed by atoms with E-state index in [1.807, 2.05) is 47.4 Å². The average molecular weight is 1020 g/mol. The van der Waals surface area contributed by atoms with E-state index in [4.69, 9.17) is 19.2 Å². The van der Waals surface area contributed by atoms with Crippen LogP contribution in [0.1, 0.15) is 87.4 Å². The fourth-order valence-corrected chi connectivity index (χ4v) is 13.1. The standard InChI is InChI=1S/C51H67F2N9O9Si/c1-30(69-3)44(56-50(66)67)48(64)59-20-8-10-42(59)47-54-38-17-14-33(26-39(38)55-47)41-19-18-40(62(41)35-27-36(52)46(37(53)28-35)58-22-24-72(6,7)25-23-58)32-12-15-34(16-13-32)61(29-63)43-11-9-21-60(43)49(65)45(31(2)70-4)57-51(68)71-5/h12-17,26-31,40-45,56H,8-11,18-25H2,1-7H3,(H,54,55)(H,57,68)(H,66,67)/t30-,31-,40+,41+,42+,43-,44+,45+/m1/s1. The van der Waals surface area contributed by atoms with E-state index in [1.54, 1.807) is 23.6 Å². The molecule has 5 heterocycles. The van der Waals surface area contributed by atoms with Crippen LogP contribution in [-0.2, 0) is 28.6 Å². The number of hydrogen-bond donors (Lipinski definition) is 4. The smallest absolute Gasteiger partial charge is 0.407 e. The molecule has 1 aromatic heterocycles. The highest BCUT2D eigenvalue weighted by Gasteiger charge is 2.42. The number of alkyl carbamates (subject to hydrolysis) is 1. The number of carbonyl (C=O) groups excluding carboxylic acids is 4. The van der Waals surface area contributed by atoms with Crippen LogP contribution in [0.2, 0.25) is 25.2 Å². The van der Waals surface area contributed by atoms with Crippen LogP contribution < -0.4 is 25.3 Å². The van der Waals surface area contributed by atoms with Crippen molar-refractivity contribution in [2.24, 2.45) is 0 Å². The zero-order chi connectivity index (χ0) is 51.6. The number of aromatic amines is 1. The van der Waals surface area contributed by atoms with Gasteiger partial charge in [-0.15, -0.1) is 0 Å². The zero-order valence-corrected chi connectivity index (χ0v) is 43.0. The number of ether oxygens (including phenoxy) is 3. The van der Waals surface area contributed by atoms with Gasteiger partial charge >= 0.3 is 12.2 Å². The van der Waals surface area contributed by atoms with Gasteiger partial charge in [0.2, 0.25) is 18.2 Å². The summed E-state index contributed by atoms with van der Waals surface area (Å²) in [6.45, 7) is 9.88. The van der Waals surface area contributed by atoms with Gasteiger partial charge in [-0.25, -0.2) is 23.4 Å². The Kier molecular flexibility index (Phi) is 15.7. The minimum atomic E-state index is -1.43. The normalized spacial score (nSPS) is 22.6. The number of likely N-dealkylation sites (tertiary alicyclic amines) is 2. The van der Waals surface area contributed by atoms with E-state index in [0.717, 1.165) is 23.2 Å². The van der Waals surface area contributed by atoms with Crippen molar-refractivity contribution in [3.05, 3.63) is 83.2 Å². The Morgan fingerprint density at radius 3 is 1.99 bits per heavy atom. The number of H-pyrrole nitrogens is 1. The molecule has 8 rings (SSSR count). The van der Waals surface area contributed by atoms with Crippen LogP contribution in [0, 0.1) is 11.6 Å². The van der Waals surface area contributed by atoms with Gasteiger partial charge in [-0.2, -0.15) is 0 Å². The SMILES string of the molecule is COC(=O)N[C@H](C(=O)N1CCC[C@H]1N(C=O)c1ccc([C@@H]2CC[C@@H](c3ccc4nc([C@@H]5CCCN5C(=O)[C@@H](NC(=O)O)[C@@H](C)OC)[nH]c4c3)N2c2cc(F)c(N3CC[Si](C)(C)CC3)c(F)c2)cc1)[C@@H](C)OC. The van der Waals surface area contributed by atoms with Crippen LogP contribution in [0.3, 0.4) is 0 Å². The first-order chi connectivity index (χ1) is 34.5. The van der Waals surface area contributed by atoms with Gasteiger partial charge in [-0.1, -0.05) is 31.3 Å². The first-order valence-electron chi connectivity index (χ1n) is 24.8. The highest BCUT2D eigenvalue weighted by molar-refractivity contribution is 6.77. The molecular formula is C51H67F2N9O9Si. The highest BCUT2D eigenvalue weighted by atomic mass is 28.3. The average Bonchev–Trinajstić information content (AvgIpc) is 4.21. The molecule has 0 aliphatic carbocycles. The van der Waals surface area contributed by atoms with Crippen LogP contribution in [-0.4, -0.2) is 141 Å². The largest absolute Gasteiger partial charge is 0.465 e. The molecular weight excluding hydrogens is 949 g/mol. The Balaban J connectivity index is 1.10. The molecule has 4 aliphatic rings. The molecule has 0 unspecified atom stereocenters. The fraction of sp³-hybridized carbons (Fsp3) is 0.529. The van der Waals surface area contributed by atoms with E-state index < -0.39 is 80.2 Å². The molecule has 388 valence electrons. The number of carboxylic acid groups (broad SMARTS) is 1. The molecule has 4 saturated heterocycles. The van der Waals surface area contributed by atoms with Crippen LogP contribution in [0.15, 0.2) is 54.6 Å². The molecule has 18 nitrogen and oxygen atoms in total. The Bertz CT molecular complexity index is 2610. The molecule has 4 fully saturated rings. The third-order valence-electron chi connectivity index (χ3n) is 15.3. The highest BCUT2D eigenvalue weighted by Crippen LogP contribution is 2.49. The van der Waals surface area contributed by atoms with Crippen molar-refractivity contribution in [3.8, 4) is 0 Å². The number of hydrogen-bond acceptors (Lipinski definition) is 11. The lowest BCUT2D eigenvalue weighted by Crippen LogP contribution is -2.57. The van der Waals surface area contributed by atoms with Crippen LogP contribution >= 0.6 is 0 Å². The summed E-state index contributed by atoms with van der Waals surface area (Å²) in [5, 5.41) is 14.4. The van der Waals surface area contributed by atoms with Gasteiger partial charge in [0.25, 0.3) is 0 Å². The monoisotopic (exact) mass is 1020 g/mol. The number of halogens is 2. The molecule has 0 saturated carbocycles. The van der Waals surface area contributed by atoms with Crippen molar-refractivity contribution in [3.63, 3.8) is 0 Å². The van der Waals surface area contributed by atoms with Crippen LogP contribution in [0.5, 0.6) is 0 Å². The minimum absolute atomic E-state index is 0.00930. The maximum Gasteiger partial charge on any atom is 0.407 e. The Hall–Kier alpha value is -6.32. The molecule has 0 radical (unpaired) electrons. The molecule has 5 amide bonds. The maximum absolute atomic E-state index is 16.6. The lowest BCUT2D eigenvalue weighted by atomic mass is 10.0. The van der Waals surface area contributed by atoms with Gasteiger partial charge in [0.05, 0.1) is 56.6 Å². The predicted molar refractivity (Wildman–Crippen MR) is 270 cm³/mol. The van der Waals surface area contributed by atoms with Crippen molar-refractivity contribution in [2.45, 2.75) is 126 Å². The summed E-state index contributed by atoms with van der Waals surface area (Å²) in [6.07, 6.45) is 0.204. The summed E-state index contributed by atoms with van der Waals surface area (Å²) >= 11 is 0. The Morgan fingerprint density at radius 1 is 0.792 bits per heavy atom. The van der Waals surface area contributed by atoms with E-state index >= 15 is 8.78 Å². The first-order valence-corrected chi connectivity index (χ1v) is 28.2. The molecule has 72 heavy (non-hydrogen) atoms. The molecule has 0 bridgehead atoms. The van der Waals surface area contributed by atoms with Gasteiger partial charge in [0, 0.05) is 51.8 Å². The quantitative estimate of drug-likeness (QED) is 0.0639. The lowest BCUT2D eigenvalue weighted by molar-refractivity contribution is -0.138. The van der Waals surface area contributed by atoms with E-state index in [0.29, 0.717) is 99.3 Å². The molecule has 4 aliphatic heterocycles. The van der Waals surface area contributed by atoms with Gasteiger partial charge in [0.15, 0.2) is 11.6 Å². The lowest BCUT2D eigenvalue weighted by Gasteiger charge is -2.38. The number of imidazole rings is 1. The topological polar surface area (TPSA) is 202 Å². The molecule has 8 atom stereocenters. The Labute approximate surface area is 419 Å². The van der Waals surface area contributed by atoms with Crippen molar-refractivity contribution >= 4 is 66.6 Å². The van der Waals surface area contributed by atoms with Gasteiger partial charge in [0.1, 0.15) is 29.8 Å². The summed E-state index contributed by atoms with van der Waals surface area (Å²) in [6, 6.07) is 14.8. The number of carbonyl (C=O) groups is 5. The van der Waals surface area contributed by atoms with Gasteiger partial charge < -0.3 is 54.5 Å². The summed E-state index contributed by atoms with van der Waals surface area (Å²) in [5.74, 6) is -1.51. The number of anilines is 3. The first kappa shape index (κ1) is 52.0. The minimum Gasteiger partial charge on any atom is -0.465 e. The third-order valence-corrected chi connectivity index (χ3v) is 18.5. The zero-order valence-electron chi connectivity index (χ0n) is 42.0. The molecule has 4 aromatic rings. The van der Waals surface area contributed by atoms with Crippen molar-refractivity contribution in [1.82, 2.24) is 30.4 Å². The number of rotatable bonds is 16. The van der Waals surface area contributed by atoms with E-state index in [9.17, 15) is 29.1 Å². The summed E-state index contributed by atoms with van der Waals surface area (Å²) < 4.78 is 48.7. The predicted octanol–water partition coefficient (Wildman–Crippen LogP) is 7.46. The maximum atomic E-state index is 16.6. The number of amides is 5. The van der Waals surface area contributed by atoms with Crippen molar-refractivity contribution in [2.75, 3.05) is 62.2 Å². The number of fused-ring (bicyclic) bond motifs is 1. The van der Waals surface area contributed by atoms with Crippen molar-refractivity contribution < 1.29 is 52.1 Å². The molecule has 3 aromatic carbocycles. The number of nitrogens with zero attached hydrogens (tertiary/aromatic N) is 6. The summed E-state index contributed by atoms with van der Waals surface area (Å²) in [5.41, 5.74) is 4.01. The number of nitrogens with one attached hydrogen (secondary N) is 3. The van der Waals surface area contributed by atoms with Crippen LogP contribution in [0.4, 0.5) is 35.4 Å². The Morgan fingerprint density at radius 2 is 1.38 bits per heavy atom. The molecule has 21 heteroatoms. The second-order valence-corrected chi connectivity index (χ2v) is 25.5. The number of aromatic nitrogens is 2. The van der Waals surface area contributed by atoms with E-state index in [-0.39, 0.29) is 17.8 Å². The number of methoxy groups -OCH3 is 3. The summed E-state index contributed by atoms with van der Waals surface area (Å²) in [7, 11) is 2.64. The molecule has 4 N–H and O–H groups in total. The fourth-order valence-electron chi connectivity index (χ4n) is 11.1. The second kappa shape index (κ2) is 21.8. The molecule has 0 spiro atoms. The second-order valence-electron chi connectivity index (χ2n) is 20.2. The van der Waals surface area contributed by atoms with E-state index in [1.165, 1.54) is 38.4 Å². The third kappa shape index (κ3) is 10.6. The van der Waals surface area contributed by atoms with E-state index in [2.05, 4.69) is 33.6 Å². The number of benzene rings is 3. The van der Waals surface area contributed by atoms with Gasteiger partial charge in [-0.05, 0) is 112 Å². The van der Waals surface area contributed by atoms with Crippen molar-refractivity contribution in [1.29, 1.82) is 0 Å². The summed E-state index contributed by atoms with van der Waals surface area (Å²) in [4.78, 5) is 81.6.